The van der Waals surface area contributed by atoms with Gasteiger partial charge in [0.25, 0.3) is 6.08 Å². The van der Waals surface area contributed by atoms with E-state index in [-0.39, 0.29) is 30.2 Å². The van der Waals surface area contributed by atoms with Crippen LogP contribution in [0.5, 0.6) is 11.8 Å². The van der Waals surface area contributed by atoms with Crippen LogP contribution in [0.3, 0.4) is 0 Å². The number of para-hydroxylation sites is 1. The van der Waals surface area contributed by atoms with Gasteiger partial charge in [0.05, 0.1) is 17.9 Å². The maximum Gasteiger partial charge on any atom is 0.341 e. The summed E-state index contributed by atoms with van der Waals surface area (Å²) in [6, 6.07) is 9.08. The molecular weight excluding hydrogens is 318 g/mol. The minimum absolute atomic E-state index is 0.0246. The van der Waals surface area contributed by atoms with Crippen molar-refractivity contribution in [1.29, 1.82) is 0 Å². The molecule has 0 fully saturated rings. The molecule has 0 radical (unpaired) electrons. The predicted molar refractivity (Wildman–Crippen MR) is 83.1 cm³/mol. The van der Waals surface area contributed by atoms with Gasteiger partial charge in [-0.1, -0.05) is 18.2 Å². The van der Waals surface area contributed by atoms with Crippen LogP contribution >= 0.6 is 0 Å². The lowest BCUT2D eigenvalue weighted by Gasteiger charge is -2.08. The fourth-order valence-corrected chi connectivity index (χ4v) is 1.76. The van der Waals surface area contributed by atoms with Gasteiger partial charge in [0.1, 0.15) is 5.75 Å². The molecule has 7 heteroatoms. The number of benzene rings is 1. The van der Waals surface area contributed by atoms with E-state index in [2.05, 4.69) is 9.97 Å². The normalized spacial score (nSPS) is 10.2. The van der Waals surface area contributed by atoms with Gasteiger partial charge in [-0.15, -0.1) is 0 Å². The van der Waals surface area contributed by atoms with Gasteiger partial charge in [-0.2, -0.15) is 13.8 Å². The van der Waals surface area contributed by atoms with Crippen LogP contribution in [0.1, 0.15) is 29.4 Å². The first-order valence-corrected chi connectivity index (χ1v) is 7.22. The molecule has 2 rings (SSSR count). The molecule has 24 heavy (non-hydrogen) atoms. The Morgan fingerprint density at radius 1 is 1.21 bits per heavy atom. The molecule has 5 nitrogen and oxygen atoms in total. The Balaban J connectivity index is 1.99. The molecule has 0 aliphatic carbocycles. The average molecular weight is 334 g/mol. The van der Waals surface area contributed by atoms with Crippen molar-refractivity contribution in [2.24, 2.45) is 0 Å². The zero-order valence-corrected chi connectivity index (χ0v) is 13.3. The fraction of sp³-hybridized carbons (Fsp3) is 0.235. The minimum atomic E-state index is -1.76. The molecule has 0 aliphatic rings. The van der Waals surface area contributed by atoms with Crippen LogP contribution in [0.4, 0.5) is 8.78 Å². The molecule has 126 valence electrons. The van der Waals surface area contributed by atoms with Crippen LogP contribution in [-0.2, 0) is 4.74 Å². The van der Waals surface area contributed by atoms with Gasteiger partial charge in [-0.3, -0.25) is 0 Å². The Kier molecular flexibility index (Phi) is 5.95. The van der Waals surface area contributed by atoms with E-state index >= 15 is 0 Å². The Bertz CT molecular complexity index is 745. The number of aryl methyl sites for hydroxylation is 1. The molecule has 0 saturated heterocycles. The van der Waals surface area contributed by atoms with E-state index in [1.54, 1.807) is 19.1 Å². The molecular formula is C17H16F2N2O3. The van der Waals surface area contributed by atoms with Crippen molar-refractivity contribution < 1.29 is 23.0 Å². The Morgan fingerprint density at radius 2 is 1.92 bits per heavy atom. The summed E-state index contributed by atoms with van der Waals surface area (Å²) in [4.78, 5) is 20.0. The van der Waals surface area contributed by atoms with Crippen LogP contribution in [0.25, 0.3) is 0 Å². The number of carbonyl (C=O) groups is 1. The van der Waals surface area contributed by atoms with Gasteiger partial charge >= 0.3 is 12.0 Å². The zero-order chi connectivity index (χ0) is 17.5. The summed E-state index contributed by atoms with van der Waals surface area (Å²) in [5, 5.41) is 0. The third-order valence-electron chi connectivity index (χ3n) is 3.16. The highest BCUT2D eigenvalue weighted by Crippen LogP contribution is 2.18. The van der Waals surface area contributed by atoms with Crippen LogP contribution in [0.2, 0.25) is 0 Å². The van der Waals surface area contributed by atoms with Crippen LogP contribution in [0, 0.1) is 6.92 Å². The number of hydrogen-bond acceptors (Lipinski definition) is 5. The van der Waals surface area contributed by atoms with E-state index in [0.29, 0.717) is 11.4 Å². The number of esters is 1. The molecule has 0 amide bonds. The van der Waals surface area contributed by atoms with Crippen molar-refractivity contribution >= 4 is 5.97 Å². The second kappa shape index (κ2) is 8.14. The van der Waals surface area contributed by atoms with E-state index in [0.717, 1.165) is 0 Å². The number of rotatable bonds is 6. The van der Waals surface area contributed by atoms with Crippen molar-refractivity contribution in [3.05, 3.63) is 59.4 Å². The summed E-state index contributed by atoms with van der Waals surface area (Å²) >= 11 is 0. The lowest BCUT2D eigenvalue weighted by atomic mass is 10.2. The third-order valence-corrected chi connectivity index (χ3v) is 3.16. The number of carbonyl (C=O) groups excluding carboxylic acids is 1. The summed E-state index contributed by atoms with van der Waals surface area (Å²) in [5.74, 6) is -0.0893. The summed E-state index contributed by atoms with van der Waals surface area (Å²) in [5.41, 5.74) is 0.435. The van der Waals surface area contributed by atoms with Crippen molar-refractivity contribution in [2.75, 3.05) is 6.61 Å². The molecule has 1 aromatic heterocycles. The summed E-state index contributed by atoms with van der Waals surface area (Å²) in [6.45, 7) is 2.76. The molecule has 0 atom stereocenters. The average Bonchev–Trinajstić information content (AvgIpc) is 2.55. The van der Waals surface area contributed by atoms with E-state index < -0.39 is 12.0 Å². The van der Waals surface area contributed by atoms with Gasteiger partial charge in [0, 0.05) is 12.6 Å². The highest BCUT2D eigenvalue weighted by Gasteiger charge is 2.14. The largest absolute Gasteiger partial charge is 0.462 e. The van der Waals surface area contributed by atoms with Crippen LogP contribution in [0.15, 0.2) is 48.2 Å². The first kappa shape index (κ1) is 17.5. The molecule has 0 unspecified atom stereocenters. The number of hydrogen-bond donors (Lipinski definition) is 0. The van der Waals surface area contributed by atoms with E-state index in [1.807, 2.05) is 18.2 Å². The number of nitrogens with zero attached hydrogens (tertiary/aromatic N) is 2. The molecule has 1 aromatic carbocycles. The van der Waals surface area contributed by atoms with Crippen LogP contribution in [-0.4, -0.2) is 22.5 Å². The van der Waals surface area contributed by atoms with Crippen molar-refractivity contribution in [1.82, 2.24) is 9.97 Å². The van der Waals surface area contributed by atoms with Crippen LogP contribution < -0.4 is 4.74 Å². The molecule has 0 N–H and O–H groups in total. The molecule has 2 aromatic rings. The topological polar surface area (TPSA) is 61.3 Å². The molecule has 0 spiro atoms. The van der Waals surface area contributed by atoms with Crippen molar-refractivity contribution in [2.45, 2.75) is 20.3 Å². The lowest BCUT2D eigenvalue weighted by Crippen LogP contribution is -2.10. The monoisotopic (exact) mass is 334 g/mol. The molecule has 0 saturated carbocycles. The second-order valence-electron chi connectivity index (χ2n) is 4.99. The first-order valence-electron chi connectivity index (χ1n) is 7.22. The van der Waals surface area contributed by atoms with Gasteiger partial charge in [0.2, 0.25) is 0 Å². The zero-order valence-electron chi connectivity index (χ0n) is 13.3. The van der Waals surface area contributed by atoms with Crippen molar-refractivity contribution in [3.8, 4) is 11.8 Å². The fourth-order valence-electron chi connectivity index (χ4n) is 1.76. The molecule has 1 heterocycles. The van der Waals surface area contributed by atoms with Gasteiger partial charge < -0.3 is 9.47 Å². The van der Waals surface area contributed by atoms with Gasteiger partial charge in [0.15, 0.2) is 0 Å². The maximum absolute atomic E-state index is 12.3. The first-order chi connectivity index (χ1) is 11.5. The smallest absolute Gasteiger partial charge is 0.341 e. The summed E-state index contributed by atoms with van der Waals surface area (Å²) in [6.07, 6.45) is -0.488. The summed E-state index contributed by atoms with van der Waals surface area (Å²) < 4.78 is 35.0. The minimum Gasteiger partial charge on any atom is -0.462 e. The summed E-state index contributed by atoms with van der Waals surface area (Å²) in [7, 11) is 0. The highest BCUT2D eigenvalue weighted by atomic mass is 19.3. The Labute approximate surface area is 138 Å². The molecule has 0 bridgehead atoms. The van der Waals surface area contributed by atoms with Crippen molar-refractivity contribution in [3.63, 3.8) is 0 Å². The Hall–Kier alpha value is -2.83. The predicted octanol–water partition coefficient (Wildman–Crippen LogP) is 4.29. The van der Waals surface area contributed by atoms with Gasteiger partial charge in [-0.25, -0.2) is 9.78 Å². The Morgan fingerprint density at radius 3 is 2.54 bits per heavy atom. The second-order valence-corrected chi connectivity index (χ2v) is 4.99. The van der Waals surface area contributed by atoms with E-state index in [9.17, 15) is 13.6 Å². The number of halogens is 2. The SMILES string of the molecule is CC(CCOC(=O)c1cnc(Oc2ccccc2)nc1C)=C(F)F. The number of ether oxygens (including phenoxy) is 2. The maximum atomic E-state index is 12.3. The van der Waals surface area contributed by atoms with E-state index in [1.165, 1.54) is 13.1 Å². The molecule has 0 aliphatic heterocycles. The standard InChI is InChI=1S/C17H16F2N2O3/c1-11(15(18)19)8-9-23-16(22)14-10-20-17(21-12(14)2)24-13-6-4-3-5-7-13/h3-7,10H,8-9H2,1-2H3. The van der Waals surface area contributed by atoms with Gasteiger partial charge in [-0.05, 0) is 31.6 Å². The lowest BCUT2D eigenvalue weighted by molar-refractivity contribution is 0.0505. The van der Waals surface area contributed by atoms with E-state index in [4.69, 9.17) is 9.47 Å². The number of aromatic nitrogens is 2. The highest BCUT2D eigenvalue weighted by molar-refractivity contribution is 5.90. The third kappa shape index (κ3) is 4.84. The quantitative estimate of drug-likeness (QED) is 0.737.